The zero-order valence-corrected chi connectivity index (χ0v) is 22.1. The van der Waals surface area contributed by atoms with Crippen LogP contribution in [-0.2, 0) is 4.74 Å². The molecule has 2 nitrogen and oxygen atoms in total. The first kappa shape index (κ1) is 22.4. The molecule has 5 aliphatic carbocycles. The van der Waals surface area contributed by atoms with E-state index in [-0.39, 0.29) is 11.5 Å². The number of hydrogen-bond acceptors (Lipinski definition) is 2. The smallest absolute Gasteiger partial charge is 0.0663 e. The van der Waals surface area contributed by atoms with Crippen LogP contribution in [0, 0.1) is 56.2 Å². The van der Waals surface area contributed by atoms with Crippen molar-refractivity contribution in [2.45, 2.75) is 125 Å². The highest BCUT2D eigenvalue weighted by molar-refractivity contribution is 5.21. The molecule has 182 valence electrons. The summed E-state index contributed by atoms with van der Waals surface area (Å²) in [5.74, 6) is 3.11. The van der Waals surface area contributed by atoms with Crippen molar-refractivity contribution in [2.24, 2.45) is 56.2 Å². The largest absolute Gasteiger partial charge is 0.393 e. The number of fused-ring (bicyclic) bond motifs is 5. The van der Waals surface area contributed by atoms with E-state index >= 15 is 0 Å². The highest BCUT2D eigenvalue weighted by Crippen LogP contribution is 2.78. The van der Waals surface area contributed by atoms with Gasteiger partial charge in [-0.3, -0.25) is 0 Å². The van der Waals surface area contributed by atoms with E-state index in [2.05, 4.69) is 48.5 Å². The SMILES string of the molecule is CC1(C)CCC23CC[C@]4(C)[C@H](CC[C@@H]5[C@@]6(C)CC[C@H](O)C(C)(C)[C@@H]6CC[C@]54C)[C@H]2C1OC3. The third-order valence-corrected chi connectivity index (χ3v) is 14.1. The minimum atomic E-state index is -0.122. The van der Waals surface area contributed by atoms with Gasteiger partial charge in [0.15, 0.2) is 0 Å². The quantitative estimate of drug-likeness (QED) is 0.428. The molecule has 10 atom stereocenters. The van der Waals surface area contributed by atoms with Gasteiger partial charge in [-0.05, 0) is 120 Å². The van der Waals surface area contributed by atoms with Crippen molar-refractivity contribution < 1.29 is 9.84 Å². The van der Waals surface area contributed by atoms with E-state index in [4.69, 9.17) is 4.74 Å². The lowest BCUT2D eigenvalue weighted by atomic mass is 9.31. The van der Waals surface area contributed by atoms with Gasteiger partial charge in [-0.2, -0.15) is 0 Å². The third kappa shape index (κ3) is 2.41. The van der Waals surface area contributed by atoms with Crippen LogP contribution < -0.4 is 0 Å². The lowest BCUT2D eigenvalue weighted by Gasteiger charge is -2.73. The first-order valence-electron chi connectivity index (χ1n) is 14.1. The van der Waals surface area contributed by atoms with E-state index in [0.717, 1.165) is 30.8 Å². The van der Waals surface area contributed by atoms with Crippen LogP contribution in [0.1, 0.15) is 113 Å². The molecular formula is C30H50O2. The predicted molar refractivity (Wildman–Crippen MR) is 130 cm³/mol. The summed E-state index contributed by atoms with van der Waals surface area (Å²) in [5.41, 5.74) is 2.16. The van der Waals surface area contributed by atoms with Crippen molar-refractivity contribution in [3.05, 3.63) is 0 Å². The summed E-state index contributed by atoms with van der Waals surface area (Å²) in [6.45, 7) is 18.9. The summed E-state index contributed by atoms with van der Waals surface area (Å²) >= 11 is 0. The maximum Gasteiger partial charge on any atom is 0.0663 e. The first-order chi connectivity index (χ1) is 14.8. The normalized spacial score (nSPS) is 60.0. The molecule has 1 aliphatic heterocycles. The van der Waals surface area contributed by atoms with E-state index < -0.39 is 0 Å². The van der Waals surface area contributed by atoms with Crippen LogP contribution >= 0.6 is 0 Å². The Kier molecular flexibility index (Phi) is 4.46. The number of aliphatic hydroxyl groups excluding tert-OH is 1. The molecular weight excluding hydrogens is 392 g/mol. The Hall–Kier alpha value is -0.0800. The Balaban J connectivity index is 1.39. The fraction of sp³-hybridized carbons (Fsp3) is 1.00. The molecule has 5 saturated carbocycles. The molecule has 0 amide bonds. The van der Waals surface area contributed by atoms with E-state index in [1.165, 1.54) is 57.8 Å². The number of hydrogen-bond donors (Lipinski definition) is 1. The van der Waals surface area contributed by atoms with Gasteiger partial charge < -0.3 is 9.84 Å². The topological polar surface area (TPSA) is 29.5 Å². The maximum atomic E-state index is 10.9. The number of ether oxygens (including phenoxy) is 1. The zero-order valence-electron chi connectivity index (χ0n) is 22.1. The lowest BCUT2D eigenvalue weighted by molar-refractivity contribution is -0.252. The van der Waals surface area contributed by atoms with Gasteiger partial charge in [0.25, 0.3) is 0 Å². The van der Waals surface area contributed by atoms with Crippen molar-refractivity contribution in [1.29, 1.82) is 0 Å². The fourth-order valence-corrected chi connectivity index (χ4v) is 12.0. The number of aliphatic hydroxyl groups is 1. The molecule has 0 aromatic heterocycles. The summed E-state index contributed by atoms with van der Waals surface area (Å²) in [6, 6.07) is 0. The van der Waals surface area contributed by atoms with E-state index in [0.29, 0.717) is 39.1 Å². The molecule has 6 fully saturated rings. The minimum Gasteiger partial charge on any atom is -0.393 e. The van der Waals surface area contributed by atoms with Crippen molar-refractivity contribution in [3.8, 4) is 0 Å². The molecule has 1 N–H and O–H groups in total. The Labute approximate surface area is 197 Å². The third-order valence-electron chi connectivity index (χ3n) is 14.1. The average molecular weight is 443 g/mol. The van der Waals surface area contributed by atoms with E-state index in [1.54, 1.807) is 0 Å². The summed E-state index contributed by atoms with van der Waals surface area (Å²) in [4.78, 5) is 0. The molecule has 32 heavy (non-hydrogen) atoms. The van der Waals surface area contributed by atoms with Crippen LogP contribution in [0.3, 0.4) is 0 Å². The van der Waals surface area contributed by atoms with Gasteiger partial charge in [-0.25, -0.2) is 0 Å². The lowest BCUT2D eigenvalue weighted by Crippen LogP contribution is -2.67. The van der Waals surface area contributed by atoms with Gasteiger partial charge in [0, 0.05) is 0 Å². The molecule has 1 heterocycles. The molecule has 2 bridgehead atoms. The predicted octanol–water partition coefficient (Wildman–Crippen LogP) is 7.24. The standard InChI is InChI=1S/C30H50O2/c1-25(2)14-16-30-17-15-28(6)19(23(30)24(25)32-18-30)8-9-21-27(5)12-11-22(31)26(3,4)20(27)10-13-29(21,28)7/h19-24,31H,8-18H2,1-7H3/t19-,20+,21-,22+,23+,24?,27+,28-,29-,30?/m1/s1. The number of rotatable bonds is 0. The van der Waals surface area contributed by atoms with Gasteiger partial charge in [-0.1, -0.05) is 48.5 Å². The average Bonchev–Trinajstić information content (AvgIpc) is 3.05. The highest BCUT2D eigenvalue weighted by atomic mass is 16.5. The monoisotopic (exact) mass is 442 g/mol. The Morgan fingerprint density at radius 1 is 0.688 bits per heavy atom. The van der Waals surface area contributed by atoms with Gasteiger partial charge >= 0.3 is 0 Å². The van der Waals surface area contributed by atoms with Crippen molar-refractivity contribution in [2.75, 3.05) is 6.61 Å². The molecule has 0 radical (unpaired) electrons. The van der Waals surface area contributed by atoms with Crippen LogP contribution in [-0.4, -0.2) is 23.9 Å². The van der Waals surface area contributed by atoms with Gasteiger partial charge in [0.05, 0.1) is 18.8 Å². The molecule has 2 unspecified atom stereocenters. The van der Waals surface area contributed by atoms with Gasteiger partial charge in [-0.15, -0.1) is 0 Å². The van der Waals surface area contributed by atoms with Crippen molar-refractivity contribution in [1.82, 2.24) is 0 Å². The van der Waals surface area contributed by atoms with Crippen LogP contribution in [0.15, 0.2) is 0 Å². The molecule has 6 aliphatic rings. The second-order valence-electron chi connectivity index (χ2n) is 15.7. The minimum absolute atomic E-state index is 0.0586. The molecule has 2 heteroatoms. The summed E-state index contributed by atoms with van der Waals surface area (Å²) in [7, 11) is 0. The van der Waals surface area contributed by atoms with Crippen molar-refractivity contribution in [3.63, 3.8) is 0 Å². The fourth-order valence-electron chi connectivity index (χ4n) is 12.0. The van der Waals surface area contributed by atoms with Crippen LogP contribution in [0.4, 0.5) is 0 Å². The molecule has 0 spiro atoms. The Bertz CT molecular complexity index is 801. The zero-order chi connectivity index (χ0) is 22.9. The summed E-state index contributed by atoms with van der Waals surface area (Å²) < 4.78 is 6.71. The Morgan fingerprint density at radius 3 is 2.16 bits per heavy atom. The van der Waals surface area contributed by atoms with Crippen LogP contribution in [0.25, 0.3) is 0 Å². The second-order valence-corrected chi connectivity index (χ2v) is 15.7. The Morgan fingerprint density at radius 2 is 1.41 bits per heavy atom. The van der Waals surface area contributed by atoms with Crippen molar-refractivity contribution >= 4 is 0 Å². The van der Waals surface area contributed by atoms with Gasteiger partial charge in [0.1, 0.15) is 0 Å². The highest BCUT2D eigenvalue weighted by Gasteiger charge is 2.72. The second kappa shape index (κ2) is 6.37. The first-order valence-corrected chi connectivity index (χ1v) is 14.1. The van der Waals surface area contributed by atoms with Crippen LogP contribution in [0.5, 0.6) is 0 Å². The molecule has 0 aromatic rings. The van der Waals surface area contributed by atoms with E-state index in [1.807, 2.05) is 0 Å². The molecule has 1 saturated heterocycles. The van der Waals surface area contributed by atoms with E-state index in [9.17, 15) is 5.11 Å². The van der Waals surface area contributed by atoms with Gasteiger partial charge in [0.2, 0.25) is 0 Å². The van der Waals surface area contributed by atoms with Crippen LogP contribution in [0.2, 0.25) is 0 Å². The summed E-state index contributed by atoms with van der Waals surface area (Å²) in [5, 5.41) is 10.9. The molecule has 0 aromatic carbocycles. The maximum absolute atomic E-state index is 10.9. The summed E-state index contributed by atoms with van der Waals surface area (Å²) in [6.07, 6.45) is 13.7. The molecule has 6 rings (SSSR count).